The Labute approximate surface area is 120 Å². The predicted octanol–water partition coefficient (Wildman–Crippen LogP) is 1.64. The first-order valence-electron chi connectivity index (χ1n) is 5.63. The first-order chi connectivity index (χ1) is 8.89. The second kappa shape index (κ2) is 6.88. The van der Waals surface area contributed by atoms with Gasteiger partial charge < -0.3 is 10.9 Å². The van der Waals surface area contributed by atoms with Gasteiger partial charge in [0.2, 0.25) is 10.0 Å². The Morgan fingerprint density at radius 1 is 1.47 bits per heavy atom. The highest BCUT2D eigenvalue weighted by atomic mass is 79.9. The van der Waals surface area contributed by atoms with Gasteiger partial charge in [-0.1, -0.05) is 28.0 Å². The number of nitrogens with one attached hydrogen (secondary N) is 1. The van der Waals surface area contributed by atoms with Crippen molar-refractivity contribution < 1.29 is 13.6 Å². The zero-order chi connectivity index (χ0) is 14.5. The summed E-state index contributed by atoms with van der Waals surface area (Å²) >= 11 is 3.24. The number of sulfonamides is 1. The van der Waals surface area contributed by atoms with Gasteiger partial charge in [-0.25, -0.2) is 13.1 Å². The van der Waals surface area contributed by atoms with Gasteiger partial charge in [0, 0.05) is 16.9 Å². The fourth-order valence-corrected chi connectivity index (χ4v) is 3.05. The summed E-state index contributed by atoms with van der Waals surface area (Å²) in [6.45, 7) is 1.82. The third-order valence-corrected chi connectivity index (χ3v) is 4.59. The van der Waals surface area contributed by atoms with E-state index in [-0.39, 0.29) is 17.2 Å². The van der Waals surface area contributed by atoms with Crippen molar-refractivity contribution in [1.29, 1.82) is 0 Å². The van der Waals surface area contributed by atoms with Gasteiger partial charge in [-0.3, -0.25) is 0 Å². The number of benzene rings is 1. The molecule has 8 heteroatoms. The summed E-state index contributed by atoms with van der Waals surface area (Å²) in [5.41, 5.74) is 5.39. The molecular formula is C11H16BrN3O3S. The Morgan fingerprint density at radius 3 is 2.53 bits per heavy atom. The van der Waals surface area contributed by atoms with E-state index in [9.17, 15) is 8.42 Å². The van der Waals surface area contributed by atoms with Gasteiger partial charge in [0.05, 0.1) is 4.90 Å². The average molecular weight is 350 g/mol. The molecule has 1 rings (SSSR count). The minimum Gasteiger partial charge on any atom is -0.409 e. The normalized spacial score (nSPS) is 14.3. The summed E-state index contributed by atoms with van der Waals surface area (Å²) in [6.07, 6.45) is 0.689. The Hall–Kier alpha value is -1.12. The van der Waals surface area contributed by atoms with E-state index in [0.717, 1.165) is 4.47 Å². The lowest BCUT2D eigenvalue weighted by atomic mass is 10.1. The SMILES string of the molecule is CCC(CC(N)=NO)NS(=O)(=O)c1ccc(Br)cc1. The largest absolute Gasteiger partial charge is 0.409 e. The molecule has 0 aromatic heterocycles. The lowest BCUT2D eigenvalue weighted by Crippen LogP contribution is -2.37. The van der Waals surface area contributed by atoms with Gasteiger partial charge in [0.1, 0.15) is 5.84 Å². The van der Waals surface area contributed by atoms with Crippen molar-refractivity contribution in [3.63, 3.8) is 0 Å². The van der Waals surface area contributed by atoms with Crippen molar-refractivity contribution >= 4 is 31.8 Å². The predicted molar refractivity (Wildman–Crippen MR) is 76.6 cm³/mol. The van der Waals surface area contributed by atoms with Crippen LogP contribution in [0.4, 0.5) is 0 Å². The highest BCUT2D eigenvalue weighted by molar-refractivity contribution is 9.10. The van der Waals surface area contributed by atoms with Crippen molar-refractivity contribution in [2.24, 2.45) is 10.9 Å². The van der Waals surface area contributed by atoms with E-state index in [1.54, 1.807) is 12.1 Å². The van der Waals surface area contributed by atoms with Gasteiger partial charge in [-0.15, -0.1) is 0 Å². The lowest BCUT2D eigenvalue weighted by Gasteiger charge is -2.16. The van der Waals surface area contributed by atoms with E-state index in [2.05, 4.69) is 25.8 Å². The molecule has 1 aromatic carbocycles. The number of hydrogen-bond donors (Lipinski definition) is 3. The van der Waals surface area contributed by atoms with Crippen LogP contribution in [0.1, 0.15) is 19.8 Å². The zero-order valence-corrected chi connectivity index (χ0v) is 12.8. The summed E-state index contributed by atoms with van der Waals surface area (Å²) in [5.74, 6) is -0.00893. The van der Waals surface area contributed by atoms with Crippen LogP contribution in [0.3, 0.4) is 0 Å². The second-order valence-corrected chi connectivity index (χ2v) is 6.61. The second-order valence-electron chi connectivity index (χ2n) is 3.98. The molecule has 0 spiro atoms. The topological polar surface area (TPSA) is 105 Å². The van der Waals surface area contributed by atoms with E-state index in [4.69, 9.17) is 10.9 Å². The Balaban J connectivity index is 2.86. The third kappa shape index (κ3) is 4.81. The molecule has 0 bridgehead atoms. The number of amidine groups is 1. The molecular weight excluding hydrogens is 334 g/mol. The standard InChI is InChI=1S/C11H16BrN3O3S/c1-2-9(7-11(13)14-16)15-19(17,18)10-5-3-8(12)4-6-10/h3-6,9,15-16H,2,7H2,1H3,(H2,13,14). The molecule has 19 heavy (non-hydrogen) atoms. The minimum absolute atomic E-state index is 0.00893. The number of oxime groups is 1. The maximum absolute atomic E-state index is 12.1. The molecule has 0 heterocycles. The number of halogens is 1. The Morgan fingerprint density at radius 2 is 2.05 bits per heavy atom. The molecule has 0 radical (unpaired) electrons. The summed E-state index contributed by atoms with van der Waals surface area (Å²) in [4.78, 5) is 0.175. The molecule has 0 saturated heterocycles. The summed E-state index contributed by atoms with van der Waals surface area (Å²) in [5, 5.41) is 11.3. The first-order valence-corrected chi connectivity index (χ1v) is 7.91. The number of hydrogen-bond acceptors (Lipinski definition) is 4. The van der Waals surface area contributed by atoms with Crippen LogP contribution >= 0.6 is 15.9 Å². The van der Waals surface area contributed by atoms with Gasteiger partial charge in [-0.2, -0.15) is 0 Å². The molecule has 106 valence electrons. The van der Waals surface area contributed by atoms with E-state index in [1.807, 2.05) is 6.92 Å². The Bertz CT molecular complexity index is 543. The summed E-state index contributed by atoms with van der Waals surface area (Å²) in [6, 6.07) is 5.90. The highest BCUT2D eigenvalue weighted by Crippen LogP contribution is 2.15. The molecule has 1 unspecified atom stereocenters. The van der Waals surface area contributed by atoms with Gasteiger partial charge in [0.15, 0.2) is 0 Å². The van der Waals surface area contributed by atoms with Crippen molar-refractivity contribution in [2.75, 3.05) is 0 Å². The molecule has 4 N–H and O–H groups in total. The molecule has 1 aromatic rings. The lowest BCUT2D eigenvalue weighted by molar-refractivity contribution is 0.316. The van der Waals surface area contributed by atoms with Crippen molar-refractivity contribution in [3.05, 3.63) is 28.7 Å². The number of nitrogens with zero attached hydrogens (tertiary/aromatic N) is 1. The fourth-order valence-electron chi connectivity index (χ4n) is 1.46. The third-order valence-electron chi connectivity index (χ3n) is 2.52. The van der Waals surface area contributed by atoms with Crippen LogP contribution in [-0.4, -0.2) is 25.5 Å². The zero-order valence-electron chi connectivity index (χ0n) is 10.4. The molecule has 0 amide bonds. The molecule has 0 aliphatic rings. The summed E-state index contributed by atoms with van der Waals surface area (Å²) < 4.78 is 27.6. The summed E-state index contributed by atoms with van der Waals surface area (Å²) in [7, 11) is -3.61. The molecule has 0 saturated carbocycles. The van der Waals surface area contributed by atoms with E-state index < -0.39 is 16.1 Å². The van der Waals surface area contributed by atoms with Crippen LogP contribution < -0.4 is 10.5 Å². The smallest absolute Gasteiger partial charge is 0.240 e. The Kier molecular flexibility index (Phi) is 5.77. The quantitative estimate of drug-likeness (QED) is 0.314. The maximum Gasteiger partial charge on any atom is 0.240 e. The van der Waals surface area contributed by atoms with Crippen molar-refractivity contribution in [3.8, 4) is 0 Å². The van der Waals surface area contributed by atoms with E-state index >= 15 is 0 Å². The van der Waals surface area contributed by atoms with Crippen molar-refractivity contribution in [2.45, 2.75) is 30.7 Å². The van der Waals surface area contributed by atoms with Crippen LogP contribution in [0.25, 0.3) is 0 Å². The van der Waals surface area contributed by atoms with Gasteiger partial charge in [0.25, 0.3) is 0 Å². The minimum atomic E-state index is -3.61. The van der Waals surface area contributed by atoms with Gasteiger partial charge >= 0.3 is 0 Å². The molecule has 0 aliphatic heterocycles. The van der Waals surface area contributed by atoms with E-state index in [1.165, 1.54) is 12.1 Å². The monoisotopic (exact) mass is 349 g/mol. The van der Waals surface area contributed by atoms with Gasteiger partial charge in [-0.05, 0) is 30.7 Å². The molecule has 0 aliphatic carbocycles. The van der Waals surface area contributed by atoms with E-state index in [0.29, 0.717) is 6.42 Å². The fraction of sp³-hybridized carbons (Fsp3) is 0.364. The highest BCUT2D eigenvalue weighted by Gasteiger charge is 2.19. The average Bonchev–Trinajstić information content (AvgIpc) is 2.38. The molecule has 0 fully saturated rings. The van der Waals surface area contributed by atoms with Crippen LogP contribution in [0.2, 0.25) is 0 Å². The van der Waals surface area contributed by atoms with Crippen LogP contribution in [0, 0.1) is 0 Å². The van der Waals surface area contributed by atoms with Crippen LogP contribution in [0.5, 0.6) is 0 Å². The first kappa shape index (κ1) is 15.9. The van der Waals surface area contributed by atoms with Crippen LogP contribution in [-0.2, 0) is 10.0 Å². The maximum atomic E-state index is 12.1. The molecule has 1 atom stereocenters. The van der Waals surface area contributed by atoms with Crippen molar-refractivity contribution in [1.82, 2.24) is 4.72 Å². The number of rotatable bonds is 6. The molecule has 6 nitrogen and oxygen atoms in total. The van der Waals surface area contributed by atoms with Crippen LogP contribution in [0.15, 0.2) is 38.8 Å². The number of nitrogens with two attached hydrogens (primary N) is 1.